The summed E-state index contributed by atoms with van der Waals surface area (Å²) < 4.78 is 5.58. The number of nitrogens with one attached hydrogen (secondary N) is 1. The molecule has 1 fully saturated rings. The average molecular weight is 256 g/mol. The fourth-order valence-electron chi connectivity index (χ4n) is 2.67. The Morgan fingerprint density at radius 2 is 2.11 bits per heavy atom. The number of rotatable bonds is 5. The van der Waals surface area contributed by atoms with Gasteiger partial charge in [0.2, 0.25) is 0 Å². The van der Waals surface area contributed by atoms with Crippen LogP contribution in [0.4, 0.5) is 0 Å². The van der Waals surface area contributed by atoms with E-state index >= 15 is 0 Å². The Labute approximate surface area is 114 Å². The lowest BCUT2D eigenvalue weighted by molar-refractivity contribution is -0.0102. The van der Waals surface area contributed by atoms with Crippen molar-refractivity contribution in [1.82, 2.24) is 10.3 Å². The maximum Gasteiger partial charge on any atom is 0.0746 e. The zero-order valence-corrected chi connectivity index (χ0v) is 11.3. The van der Waals surface area contributed by atoms with Crippen LogP contribution < -0.4 is 5.32 Å². The van der Waals surface area contributed by atoms with Crippen LogP contribution >= 0.6 is 0 Å². The van der Waals surface area contributed by atoms with E-state index in [0.717, 1.165) is 31.5 Å². The van der Waals surface area contributed by atoms with Gasteiger partial charge in [-0.3, -0.25) is 4.98 Å². The smallest absolute Gasteiger partial charge is 0.0746 e. The lowest BCUT2D eigenvalue weighted by Crippen LogP contribution is -2.45. The van der Waals surface area contributed by atoms with E-state index in [4.69, 9.17) is 4.74 Å². The van der Waals surface area contributed by atoms with Crippen molar-refractivity contribution in [3.8, 4) is 0 Å². The van der Waals surface area contributed by atoms with E-state index in [9.17, 15) is 0 Å². The van der Waals surface area contributed by atoms with Crippen molar-refractivity contribution in [2.24, 2.45) is 0 Å². The summed E-state index contributed by atoms with van der Waals surface area (Å²) in [6.45, 7) is 3.77. The minimum absolute atomic E-state index is 0.466. The molecule has 1 N–H and O–H groups in total. The zero-order valence-electron chi connectivity index (χ0n) is 11.3. The predicted octanol–water partition coefficient (Wildman–Crippen LogP) is 2.89. The molecule has 100 valence electrons. The van der Waals surface area contributed by atoms with Crippen LogP contribution in [-0.4, -0.2) is 23.7 Å². The summed E-state index contributed by atoms with van der Waals surface area (Å²) in [7, 11) is 0. The standard InChI is InChI=1S/C16H20N2O/c1-2-19-15-9-14(10-15)18-11-13-6-3-5-12-7-4-8-17-16(12)13/h3-8,14-15,18H,2,9-11H2,1H3. The SMILES string of the molecule is CCOC1CC(NCc2cccc3cccnc23)C1. The molecule has 3 heteroatoms. The van der Waals surface area contributed by atoms with Crippen molar-refractivity contribution in [1.29, 1.82) is 0 Å². The summed E-state index contributed by atoms with van der Waals surface area (Å²) in [6, 6.07) is 11.1. The van der Waals surface area contributed by atoms with Crippen LogP contribution in [0.2, 0.25) is 0 Å². The molecule has 1 saturated carbocycles. The Bertz CT molecular complexity index is 544. The highest BCUT2D eigenvalue weighted by Gasteiger charge is 2.28. The number of hydrogen-bond donors (Lipinski definition) is 1. The first-order chi connectivity index (χ1) is 9.36. The molecule has 1 aromatic heterocycles. The lowest BCUT2D eigenvalue weighted by atomic mass is 9.89. The van der Waals surface area contributed by atoms with E-state index in [1.165, 1.54) is 10.9 Å². The van der Waals surface area contributed by atoms with Gasteiger partial charge in [-0.25, -0.2) is 0 Å². The van der Waals surface area contributed by atoms with Crippen molar-refractivity contribution in [3.05, 3.63) is 42.1 Å². The maximum atomic E-state index is 5.58. The fraction of sp³-hybridized carbons (Fsp3) is 0.438. The molecule has 0 bridgehead atoms. The summed E-state index contributed by atoms with van der Waals surface area (Å²) in [5.74, 6) is 0. The van der Waals surface area contributed by atoms with Crippen molar-refractivity contribution in [2.75, 3.05) is 6.61 Å². The Hall–Kier alpha value is -1.45. The summed E-state index contributed by atoms with van der Waals surface area (Å²) in [6.07, 6.45) is 4.59. The van der Waals surface area contributed by atoms with Crippen molar-refractivity contribution >= 4 is 10.9 Å². The number of fused-ring (bicyclic) bond motifs is 1. The third-order valence-electron chi connectivity index (χ3n) is 3.79. The molecule has 0 amide bonds. The molecule has 0 aliphatic heterocycles. The molecule has 3 nitrogen and oxygen atoms in total. The van der Waals surface area contributed by atoms with E-state index in [-0.39, 0.29) is 0 Å². The number of para-hydroxylation sites is 1. The Balaban J connectivity index is 1.60. The number of ether oxygens (including phenoxy) is 1. The normalized spacial score (nSPS) is 22.4. The molecule has 0 saturated heterocycles. The van der Waals surface area contributed by atoms with Crippen LogP contribution in [0.3, 0.4) is 0 Å². The molecule has 3 rings (SSSR count). The van der Waals surface area contributed by atoms with Crippen molar-refractivity contribution in [3.63, 3.8) is 0 Å². The molecule has 0 spiro atoms. The molecular formula is C16H20N2O. The lowest BCUT2D eigenvalue weighted by Gasteiger charge is -2.35. The van der Waals surface area contributed by atoms with Gasteiger partial charge in [-0.2, -0.15) is 0 Å². The molecule has 2 aromatic rings. The van der Waals surface area contributed by atoms with E-state index in [2.05, 4.69) is 41.5 Å². The van der Waals surface area contributed by atoms with Gasteiger partial charge in [-0.05, 0) is 31.4 Å². The Morgan fingerprint density at radius 3 is 2.95 bits per heavy atom. The van der Waals surface area contributed by atoms with E-state index < -0.39 is 0 Å². The third-order valence-corrected chi connectivity index (χ3v) is 3.79. The van der Waals surface area contributed by atoms with Gasteiger partial charge in [0.1, 0.15) is 0 Å². The number of nitrogens with zero attached hydrogens (tertiary/aromatic N) is 1. The summed E-state index contributed by atoms with van der Waals surface area (Å²) in [5, 5.41) is 4.81. The summed E-state index contributed by atoms with van der Waals surface area (Å²) >= 11 is 0. The largest absolute Gasteiger partial charge is 0.378 e. The summed E-state index contributed by atoms with van der Waals surface area (Å²) in [4.78, 5) is 4.48. The van der Waals surface area contributed by atoms with E-state index in [0.29, 0.717) is 12.1 Å². The van der Waals surface area contributed by atoms with Crippen LogP contribution in [0, 0.1) is 0 Å². The van der Waals surface area contributed by atoms with Crippen LogP contribution in [-0.2, 0) is 11.3 Å². The predicted molar refractivity (Wildman–Crippen MR) is 77.0 cm³/mol. The third kappa shape index (κ3) is 2.77. The minimum atomic E-state index is 0.466. The number of pyridine rings is 1. The quantitative estimate of drug-likeness (QED) is 0.893. The van der Waals surface area contributed by atoms with Crippen LogP contribution in [0.1, 0.15) is 25.3 Å². The second-order valence-corrected chi connectivity index (χ2v) is 5.12. The van der Waals surface area contributed by atoms with Gasteiger partial charge >= 0.3 is 0 Å². The van der Waals surface area contributed by atoms with Gasteiger partial charge in [-0.15, -0.1) is 0 Å². The van der Waals surface area contributed by atoms with Crippen molar-refractivity contribution < 1.29 is 4.74 Å². The first kappa shape index (κ1) is 12.6. The Morgan fingerprint density at radius 1 is 1.26 bits per heavy atom. The van der Waals surface area contributed by atoms with Gasteiger partial charge in [0, 0.05) is 30.8 Å². The molecule has 0 unspecified atom stereocenters. The molecule has 19 heavy (non-hydrogen) atoms. The van der Waals surface area contributed by atoms with E-state index in [1.807, 2.05) is 12.3 Å². The van der Waals surface area contributed by atoms with Gasteiger partial charge in [0.25, 0.3) is 0 Å². The van der Waals surface area contributed by atoms with Gasteiger partial charge in [0.05, 0.1) is 11.6 Å². The molecule has 0 atom stereocenters. The van der Waals surface area contributed by atoms with Gasteiger partial charge in [0.15, 0.2) is 0 Å². The number of benzene rings is 1. The molecule has 1 aromatic carbocycles. The first-order valence-electron chi connectivity index (χ1n) is 7.04. The van der Waals surface area contributed by atoms with Crippen LogP contribution in [0.25, 0.3) is 10.9 Å². The monoisotopic (exact) mass is 256 g/mol. The zero-order chi connectivity index (χ0) is 13.1. The highest BCUT2D eigenvalue weighted by atomic mass is 16.5. The second-order valence-electron chi connectivity index (χ2n) is 5.12. The topological polar surface area (TPSA) is 34.1 Å². The first-order valence-corrected chi connectivity index (χ1v) is 7.04. The molecule has 0 radical (unpaired) electrons. The molecule has 1 aliphatic carbocycles. The van der Waals surface area contributed by atoms with Crippen LogP contribution in [0.5, 0.6) is 0 Å². The van der Waals surface area contributed by atoms with Crippen LogP contribution in [0.15, 0.2) is 36.5 Å². The minimum Gasteiger partial charge on any atom is -0.378 e. The fourth-order valence-corrected chi connectivity index (χ4v) is 2.67. The van der Waals surface area contributed by atoms with E-state index in [1.54, 1.807) is 0 Å². The number of aromatic nitrogens is 1. The highest BCUT2D eigenvalue weighted by Crippen LogP contribution is 2.24. The Kier molecular flexibility index (Phi) is 3.76. The maximum absolute atomic E-state index is 5.58. The summed E-state index contributed by atoms with van der Waals surface area (Å²) in [5.41, 5.74) is 2.39. The average Bonchev–Trinajstić information content (AvgIpc) is 2.41. The highest BCUT2D eigenvalue weighted by molar-refractivity contribution is 5.81. The number of hydrogen-bond acceptors (Lipinski definition) is 3. The second kappa shape index (κ2) is 5.68. The van der Waals surface area contributed by atoms with Crippen molar-refractivity contribution in [2.45, 2.75) is 38.5 Å². The molecule has 1 heterocycles. The molecular weight excluding hydrogens is 236 g/mol. The van der Waals surface area contributed by atoms with Gasteiger partial charge < -0.3 is 10.1 Å². The van der Waals surface area contributed by atoms with Gasteiger partial charge in [-0.1, -0.05) is 24.3 Å². The molecule has 1 aliphatic rings.